The molecule has 182 valence electrons. The third-order valence-electron chi connectivity index (χ3n) is 5.24. The second kappa shape index (κ2) is 10.7. The Morgan fingerprint density at radius 2 is 2.00 bits per heavy atom. The number of aryl methyl sites for hydroxylation is 1. The summed E-state index contributed by atoms with van der Waals surface area (Å²) in [4.78, 5) is 26.1. The summed E-state index contributed by atoms with van der Waals surface area (Å²) in [7, 11) is 0. The third-order valence-corrected chi connectivity index (χ3v) is 7.51. The van der Waals surface area contributed by atoms with Crippen LogP contribution in [-0.4, -0.2) is 30.3 Å². The average Bonchev–Trinajstić information content (AvgIpc) is 2.80. The first-order chi connectivity index (χ1) is 16.7. The first-order valence-corrected chi connectivity index (χ1v) is 14.0. The number of halogens is 2. The van der Waals surface area contributed by atoms with Crippen LogP contribution in [0.2, 0.25) is 0 Å². The maximum Gasteiger partial charge on any atom is 0.344 e. The zero-order valence-electron chi connectivity index (χ0n) is 19.5. The van der Waals surface area contributed by atoms with Gasteiger partial charge in [0.05, 0.1) is 11.9 Å². The second-order valence-corrected chi connectivity index (χ2v) is 11.1. The van der Waals surface area contributed by atoms with Crippen LogP contribution in [0.1, 0.15) is 31.0 Å². The van der Waals surface area contributed by atoms with Crippen molar-refractivity contribution in [1.29, 1.82) is 0 Å². The van der Waals surface area contributed by atoms with Crippen molar-refractivity contribution in [3.8, 4) is 11.3 Å². The van der Waals surface area contributed by atoms with Gasteiger partial charge in [0.2, 0.25) is 0 Å². The highest BCUT2D eigenvalue weighted by molar-refractivity contribution is 9.10. The van der Waals surface area contributed by atoms with E-state index in [2.05, 4.69) is 35.6 Å². The Labute approximate surface area is 218 Å². The predicted octanol–water partition coefficient (Wildman–Crippen LogP) is 5.64. The molecular weight excluding hydrogens is 553 g/mol. The van der Waals surface area contributed by atoms with Crippen molar-refractivity contribution in [3.05, 3.63) is 74.4 Å². The fourth-order valence-electron chi connectivity index (χ4n) is 3.50. The Morgan fingerprint density at radius 3 is 2.66 bits per heavy atom. The van der Waals surface area contributed by atoms with Crippen molar-refractivity contribution in [2.75, 3.05) is 11.0 Å². The fraction of sp³-hybridized carbons (Fsp3) is 0.250. The van der Waals surface area contributed by atoms with Gasteiger partial charge in [-0.2, -0.15) is 9.97 Å². The minimum absolute atomic E-state index is 0.0989. The normalized spacial score (nSPS) is 12.3. The van der Waals surface area contributed by atoms with Crippen molar-refractivity contribution in [3.63, 3.8) is 0 Å². The van der Waals surface area contributed by atoms with Gasteiger partial charge in [-0.3, -0.25) is 9.36 Å². The number of benzene rings is 2. The molecule has 0 amide bonds. The van der Waals surface area contributed by atoms with Crippen molar-refractivity contribution in [2.45, 2.75) is 37.7 Å². The summed E-state index contributed by atoms with van der Waals surface area (Å²) in [5.74, 6) is 0.140. The molecule has 0 spiro atoms. The first kappa shape index (κ1) is 25.6. The van der Waals surface area contributed by atoms with Gasteiger partial charge in [-0.15, -0.1) is 0 Å². The van der Waals surface area contributed by atoms with Gasteiger partial charge in [0.15, 0.2) is 5.65 Å². The second-order valence-electron chi connectivity index (χ2n) is 8.23. The Kier molecular flexibility index (Phi) is 7.80. The van der Waals surface area contributed by atoms with Crippen LogP contribution in [0.15, 0.2) is 57.0 Å². The summed E-state index contributed by atoms with van der Waals surface area (Å²) >= 11 is 3.52. The van der Waals surface area contributed by atoms with Gasteiger partial charge in [0.1, 0.15) is 23.3 Å². The summed E-state index contributed by atoms with van der Waals surface area (Å²) in [5.41, 5.74) is 3.27. The van der Waals surface area contributed by atoms with Crippen molar-refractivity contribution in [1.82, 2.24) is 19.5 Å². The standard InChI is InChI=1S/C24H23BrFN5O2S2/c1-13(2)31-22-20(11-27-24(29-22)35(4)33)28-21(23(31)32)15-7-8-19(18(26)10-15)30-34-12-16-6-5-14(3)9-17(16)25/h5-11,13,30H,12H2,1-4H3. The van der Waals surface area contributed by atoms with E-state index in [9.17, 15) is 13.7 Å². The number of nitrogens with one attached hydrogen (secondary N) is 1. The third kappa shape index (κ3) is 5.53. The van der Waals surface area contributed by atoms with Gasteiger partial charge < -0.3 is 9.27 Å². The lowest BCUT2D eigenvalue weighted by Crippen LogP contribution is -2.26. The summed E-state index contributed by atoms with van der Waals surface area (Å²) in [6, 6.07) is 10.4. The summed E-state index contributed by atoms with van der Waals surface area (Å²) in [6.45, 7) is 5.70. The molecule has 0 aliphatic heterocycles. The molecule has 0 aliphatic rings. The highest BCUT2D eigenvalue weighted by atomic mass is 79.9. The zero-order valence-corrected chi connectivity index (χ0v) is 22.7. The number of hydrogen-bond donors (Lipinski definition) is 1. The molecule has 0 radical (unpaired) electrons. The molecule has 1 atom stereocenters. The van der Waals surface area contributed by atoms with Crippen LogP contribution < -0.4 is 10.3 Å². The molecule has 1 N–H and O–H groups in total. The molecule has 2 heterocycles. The molecule has 4 rings (SSSR count). The molecule has 1 unspecified atom stereocenters. The van der Waals surface area contributed by atoms with Crippen molar-refractivity contribution < 1.29 is 8.94 Å². The molecule has 35 heavy (non-hydrogen) atoms. The smallest absolute Gasteiger partial charge is 0.344 e. The van der Waals surface area contributed by atoms with E-state index < -0.39 is 22.6 Å². The SMILES string of the molecule is Cc1ccc(CSNc2ccc(-c3nc4cnc([S+](C)[O-])nc4n(C(C)C)c3=O)cc2F)c(Br)c1. The summed E-state index contributed by atoms with van der Waals surface area (Å²) < 4.78 is 32.3. The molecule has 0 bridgehead atoms. The van der Waals surface area contributed by atoms with Crippen LogP contribution >= 0.6 is 27.9 Å². The van der Waals surface area contributed by atoms with Crippen LogP contribution in [0, 0.1) is 12.7 Å². The van der Waals surface area contributed by atoms with E-state index in [1.807, 2.05) is 39.0 Å². The molecule has 2 aromatic carbocycles. The van der Waals surface area contributed by atoms with Gasteiger partial charge in [-0.05, 0) is 62.0 Å². The number of aromatic nitrogens is 4. The predicted molar refractivity (Wildman–Crippen MR) is 144 cm³/mol. The maximum absolute atomic E-state index is 15.0. The summed E-state index contributed by atoms with van der Waals surface area (Å²) in [5, 5.41) is 0.123. The maximum atomic E-state index is 15.0. The minimum Gasteiger partial charge on any atom is -0.609 e. The lowest BCUT2D eigenvalue weighted by Gasteiger charge is -2.15. The Morgan fingerprint density at radius 1 is 1.23 bits per heavy atom. The van der Waals surface area contributed by atoms with Gasteiger partial charge >= 0.3 is 5.16 Å². The number of hydrogen-bond acceptors (Lipinski definition) is 7. The first-order valence-electron chi connectivity index (χ1n) is 10.7. The largest absolute Gasteiger partial charge is 0.609 e. The van der Waals surface area contributed by atoms with E-state index >= 15 is 0 Å². The number of fused-ring (bicyclic) bond motifs is 1. The van der Waals surface area contributed by atoms with Crippen LogP contribution in [0.25, 0.3) is 22.4 Å². The summed E-state index contributed by atoms with van der Waals surface area (Å²) in [6.07, 6.45) is 2.91. The van der Waals surface area contributed by atoms with Crippen LogP contribution in [0.4, 0.5) is 10.1 Å². The molecule has 2 aromatic heterocycles. The van der Waals surface area contributed by atoms with Crippen LogP contribution in [0.3, 0.4) is 0 Å². The average molecular weight is 577 g/mol. The lowest BCUT2D eigenvalue weighted by molar-refractivity contribution is 0.580. The molecule has 0 aliphatic carbocycles. The molecule has 7 nitrogen and oxygen atoms in total. The molecule has 0 fully saturated rings. The van der Waals surface area contributed by atoms with E-state index in [-0.39, 0.29) is 16.9 Å². The lowest BCUT2D eigenvalue weighted by atomic mass is 10.1. The van der Waals surface area contributed by atoms with Crippen LogP contribution in [0.5, 0.6) is 0 Å². The molecule has 0 saturated carbocycles. The van der Waals surface area contributed by atoms with E-state index in [0.717, 1.165) is 15.6 Å². The minimum atomic E-state index is -1.40. The number of rotatable bonds is 7. The number of nitrogens with zero attached hydrogens (tertiary/aromatic N) is 4. The van der Waals surface area contributed by atoms with Crippen LogP contribution in [-0.2, 0) is 16.9 Å². The number of anilines is 1. The molecular formula is C24H23BrFN5O2S2. The quantitative estimate of drug-likeness (QED) is 0.173. The van der Waals surface area contributed by atoms with E-state index in [1.165, 1.54) is 35.0 Å². The zero-order chi connectivity index (χ0) is 25.3. The van der Waals surface area contributed by atoms with Gasteiger partial charge in [0, 0.05) is 33.0 Å². The van der Waals surface area contributed by atoms with E-state index in [0.29, 0.717) is 28.2 Å². The Bertz CT molecular complexity index is 1460. The van der Waals surface area contributed by atoms with Gasteiger partial charge in [-0.25, -0.2) is 9.37 Å². The van der Waals surface area contributed by atoms with Crippen molar-refractivity contribution >= 4 is 55.9 Å². The monoisotopic (exact) mass is 575 g/mol. The molecule has 11 heteroatoms. The molecule has 4 aromatic rings. The van der Waals surface area contributed by atoms with Gasteiger partial charge in [0.25, 0.3) is 5.56 Å². The fourth-order valence-corrected chi connectivity index (χ4v) is 5.53. The highest BCUT2D eigenvalue weighted by Gasteiger charge is 2.20. The van der Waals surface area contributed by atoms with E-state index in [4.69, 9.17) is 0 Å². The Hall–Kier alpha value is -2.47. The molecule has 0 saturated heterocycles. The Balaban J connectivity index is 1.63. The van der Waals surface area contributed by atoms with Crippen molar-refractivity contribution in [2.24, 2.45) is 0 Å². The van der Waals surface area contributed by atoms with Gasteiger partial charge in [-0.1, -0.05) is 34.1 Å². The van der Waals surface area contributed by atoms with E-state index in [1.54, 1.807) is 12.1 Å². The topological polar surface area (TPSA) is 95.8 Å². The highest BCUT2D eigenvalue weighted by Crippen LogP contribution is 2.28.